The number of hydrogen-bond acceptors (Lipinski definition) is 4. The average Bonchev–Trinajstić information content (AvgIpc) is 3.38. The highest BCUT2D eigenvalue weighted by Crippen LogP contribution is 2.58. The molecule has 1 N–H and O–H groups in total. The molecule has 2 heterocycles. The Morgan fingerprint density at radius 1 is 1.34 bits per heavy atom. The van der Waals surface area contributed by atoms with Gasteiger partial charge in [0.25, 0.3) is 0 Å². The van der Waals surface area contributed by atoms with Crippen LogP contribution in [0.25, 0.3) is 0 Å². The van der Waals surface area contributed by atoms with Crippen LogP contribution in [-0.4, -0.2) is 16.7 Å². The van der Waals surface area contributed by atoms with E-state index in [4.69, 9.17) is 9.15 Å². The zero-order chi connectivity index (χ0) is 20.8. The molecule has 5 atom stereocenters. The number of hydrogen-bond donors (Lipinski definition) is 1. The summed E-state index contributed by atoms with van der Waals surface area (Å²) in [6.07, 6.45) is 13.1. The van der Waals surface area contributed by atoms with Gasteiger partial charge < -0.3 is 14.3 Å². The summed E-state index contributed by atoms with van der Waals surface area (Å²) < 4.78 is 11.2. The third kappa shape index (κ3) is 3.27. The maximum atomic E-state index is 12.5. The van der Waals surface area contributed by atoms with E-state index >= 15 is 0 Å². The number of esters is 1. The monoisotopic (exact) mass is 396 g/mol. The van der Waals surface area contributed by atoms with Crippen molar-refractivity contribution in [2.24, 2.45) is 23.7 Å². The Morgan fingerprint density at radius 2 is 2.14 bits per heavy atom. The molecule has 3 aliphatic rings. The zero-order valence-electron chi connectivity index (χ0n) is 17.9. The second-order valence-electron chi connectivity index (χ2n) is 9.28. The molecule has 0 amide bonds. The molecule has 4 nitrogen and oxygen atoms in total. The van der Waals surface area contributed by atoms with Gasteiger partial charge in [0.05, 0.1) is 18.1 Å². The van der Waals surface area contributed by atoms with E-state index < -0.39 is 5.60 Å². The zero-order valence-corrected chi connectivity index (χ0v) is 17.9. The fraction of sp³-hybridized carbons (Fsp3) is 0.560. The average molecular weight is 397 g/mol. The molecular formula is C25H32O4. The first-order valence-corrected chi connectivity index (χ1v) is 10.8. The lowest BCUT2D eigenvalue weighted by Gasteiger charge is -2.46. The van der Waals surface area contributed by atoms with Gasteiger partial charge in [0.15, 0.2) is 5.60 Å². The topological polar surface area (TPSA) is 59.7 Å². The Hall–Kier alpha value is -2.23. The summed E-state index contributed by atoms with van der Waals surface area (Å²) in [5.74, 6) is 0.568. The third-order valence-corrected chi connectivity index (χ3v) is 7.37. The second kappa shape index (κ2) is 7.55. The second-order valence-corrected chi connectivity index (χ2v) is 9.28. The Morgan fingerprint density at radius 3 is 2.79 bits per heavy atom. The van der Waals surface area contributed by atoms with Crippen molar-refractivity contribution < 1.29 is 19.1 Å². The Balaban J connectivity index is 1.64. The highest BCUT2D eigenvalue weighted by Gasteiger charge is 2.62. The standard InChI is InChI=1S/C25H32O4/c1-15(6-5-7-19-10-11-28-14-19)12-20-13-17(3)21-9-8-16(2)22(21)25(20)23(26)18(4)24(27)29-25/h10-14,16,20-22,26H,5-9H2,1-4H3/b15-12+/t16-,20?,21?,22+,25+/m0/s1. The van der Waals surface area contributed by atoms with Gasteiger partial charge in [-0.05, 0) is 76.3 Å². The van der Waals surface area contributed by atoms with Crippen molar-refractivity contribution in [1.82, 2.24) is 0 Å². The van der Waals surface area contributed by atoms with E-state index in [2.05, 4.69) is 32.9 Å². The summed E-state index contributed by atoms with van der Waals surface area (Å²) in [7, 11) is 0. The van der Waals surface area contributed by atoms with Gasteiger partial charge in [-0.25, -0.2) is 4.79 Å². The molecule has 1 fully saturated rings. The van der Waals surface area contributed by atoms with Gasteiger partial charge in [0.2, 0.25) is 0 Å². The molecule has 0 aromatic carbocycles. The lowest BCUT2D eigenvalue weighted by atomic mass is 9.62. The summed E-state index contributed by atoms with van der Waals surface area (Å²) in [5, 5.41) is 11.1. The van der Waals surface area contributed by atoms with Crippen LogP contribution in [0.5, 0.6) is 0 Å². The molecule has 1 aliphatic heterocycles. The first-order chi connectivity index (χ1) is 13.8. The molecule has 1 spiro atoms. The summed E-state index contributed by atoms with van der Waals surface area (Å²) in [6.45, 7) is 8.26. The molecule has 0 bridgehead atoms. The Labute approximate surface area is 173 Å². The number of rotatable bonds is 5. The number of aliphatic hydroxyl groups excluding tert-OH is 1. The van der Waals surface area contributed by atoms with E-state index in [1.165, 1.54) is 16.7 Å². The lowest BCUT2D eigenvalue weighted by molar-refractivity contribution is -0.160. The number of aryl methyl sites for hydroxylation is 1. The van der Waals surface area contributed by atoms with Crippen LogP contribution in [0, 0.1) is 23.7 Å². The highest BCUT2D eigenvalue weighted by atomic mass is 16.6. The number of allylic oxidation sites excluding steroid dienone is 2. The van der Waals surface area contributed by atoms with Gasteiger partial charge in [-0.15, -0.1) is 0 Å². The minimum absolute atomic E-state index is 0.125. The van der Waals surface area contributed by atoms with Crippen LogP contribution in [0.3, 0.4) is 0 Å². The maximum absolute atomic E-state index is 12.5. The molecule has 156 valence electrons. The van der Waals surface area contributed by atoms with Gasteiger partial charge in [0.1, 0.15) is 5.76 Å². The summed E-state index contributed by atoms with van der Waals surface area (Å²) in [4.78, 5) is 12.5. The molecule has 1 saturated carbocycles. The van der Waals surface area contributed by atoms with Crippen molar-refractivity contribution in [2.45, 2.75) is 65.4 Å². The van der Waals surface area contributed by atoms with Crippen LogP contribution in [0.15, 0.2) is 57.6 Å². The van der Waals surface area contributed by atoms with Crippen LogP contribution < -0.4 is 0 Å². The number of aliphatic hydroxyl groups is 1. The Bertz CT molecular complexity index is 873. The molecule has 29 heavy (non-hydrogen) atoms. The summed E-state index contributed by atoms with van der Waals surface area (Å²) >= 11 is 0. The first kappa shape index (κ1) is 20.1. The van der Waals surface area contributed by atoms with Crippen LogP contribution in [-0.2, 0) is 16.0 Å². The van der Waals surface area contributed by atoms with E-state index in [-0.39, 0.29) is 23.6 Å². The van der Waals surface area contributed by atoms with Crippen molar-refractivity contribution in [3.8, 4) is 0 Å². The van der Waals surface area contributed by atoms with Crippen LogP contribution in [0.1, 0.15) is 58.9 Å². The van der Waals surface area contributed by atoms with E-state index in [1.807, 2.05) is 6.07 Å². The number of carbonyl (C=O) groups is 1. The van der Waals surface area contributed by atoms with Crippen LogP contribution in [0.4, 0.5) is 0 Å². The number of carbonyl (C=O) groups excluding carboxylic acids is 1. The number of furan rings is 1. The van der Waals surface area contributed by atoms with E-state index in [9.17, 15) is 9.90 Å². The number of ether oxygens (including phenoxy) is 1. The molecule has 2 aliphatic carbocycles. The molecule has 0 saturated heterocycles. The smallest absolute Gasteiger partial charge is 0.338 e. The van der Waals surface area contributed by atoms with Crippen molar-refractivity contribution in [2.75, 3.05) is 0 Å². The quantitative estimate of drug-likeness (QED) is 0.496. The molecule has 1 aromatic heterocycles. The predicted octanol–water partition coefficient (Wildman–Crippen LogP) is 5.91. The van der Waals surface area contributed by atoms with E-state index in [0.29, 0.717) is 17.4 Å². The van der Waals surface area contributed by atoms with Crippen molar-refractivity contribution in [1.29, 1.82) is 0 Å². The molecule has 0 radical (unpaired) electrons. The van der Waals surface area contributed by atoms with Crippen LogP contribution in [0.2, 0.25) is 0 Å². The minimum Gasteiger partial charge on any atom is -0.507 e. The van der Waals surface area contributed by atoms with Gasteiger partial charge >= 0.3 is 5.97 Å². The number of fused-ring (bicyclic) bond motifs is 2. The van der Waals surface area contributed by atoms with E-state index in [0.717, 1.165) is 32.1 Å². The molecule has 1 aromatic rings. The van der Waals surface area contributed by atoms with Crippen molar-refractivity contribution in [3.63, 3.8) is 0 Å². The molecular weight excluding hydrogens is 364 g/mol. The van der Waals surface area contributed by atoms with Gasteiger partial charge in [-0.1, -0.05) is 30.2 Å². The SMILES string of the molecule is CC1=CC(/C=C(\C)CCCc2ccoc2)[C@@]2(OC(=O)C(C)=C2O)[C@H]2C1CC[C@@H]2C. The molecule has 2 unspecified atom stereocenters. The normalized spacial score (nSPS) is 34.6. The van der Waals surface area contributed by atoms with Crippen molar-refractivity contribution in [3.05, 3.63) is 58.8 Å². The summed E-state index contributed by atoms with van der Waals surface area (Å²) in [6, 6.07) is 2.01. The first-order valence-electron chi connectivity index (χ1n) is 10.8. The lowest BCUT2D eigenvalue weighted by Crippen LogP contribution is -2.52. The Kier molecular flexibility index (Phi) is 5.22. The van der Waals surface area contributed by atoms with E-state index in [1.54, 1.807) is 19.5 Å². The fourth-order valence-electron chi connectivity index (χ4n) is 5.87. The summed E-state index contributed by atoms with van der Waals surface area (Å²) in [5.41, 5.74) is 3.27. The highest BCUT2D eigenvalue weighted by molar-refractivity contribution is 5.92. The predicted molar refractivity (Wildman–Crippen MR) is 112 cm³/mol. The van der Waals surface area contributed by atoms with Gasteiger partial charge in [-0.3, -0.25) is 0 Å². The minimum atomic E-state index is -0.937. The fourth-order valence-corrected chi connectivity index (χ4v) is 5.87. The van der Waals surface area contributed by atoms with Gasteiger partial charge in [0, 0.05) is 11.8 Å². The maximum Gasteiger partial charge on any atom is 0.338 e. The molecule has 4 rings (SSSR count). The largest absolute Gasteiger partial charge is 0.507 e. The third-order valence-electron chi connectivity index (χ3n) is 7.37. The van der Waals surface area contributed by atoms with Crippen LogP contribution >= 0.6 is 0 Å². The molecule has 4 heteroatoms. The van der Waals surface area contributed by atoms with Gasteiger partial charge in [-0.2, -0.15) is 0 Å². The van der Waals surface area contributed by atoms with Crippen molar-refractivity contribution >= 4 is 5.97 Å².